The Morgan fingerprint density at radius 2 is 1.72 bits per heavy atom. The molecule has 1 fully saturated rings. The van der Waals surface area contributed by atoms with Crippen LogP contribution < -0.4 is 11.0 Å². The van der Waals surface area contributed by atoms with Gasteiger partial charge in [-0.3, -0.25) is 13.9 Å². The SMILES string of the molecule is CCn1c(=O)n(CC)c2cc(S(=O)(=O)C3CCCCC3)c(NC(=O)c3sccc3C)cc21. The Morgan fingerprint density at radius 1 is 1.09 bits per heavy atom. The summed E-state index contributed by atoms with van der Waals surface area (Å²) in [4.78, 5) is 26.5. The topological polar surface area (TPSA) is 90.2 Å². The highest BCUT2D eigenvalue weighted by molar-refractivity contribution is 7.92. The number of aryl methyl sites for hydroxylation is 3. The van der Waals surface area contributed by atoms with Gasteiger partial charge < -0.3 is 5.32 Å². The molecule has 0 saturated heterocycles. The standard InChI is InChI=1S/C23H29N3O4S2/c1-4-25-18-13-17(24-22(27)21-15(3)11-12-31-21)20(14-19(18)26(5-2)23(25)28)32(29,30)16-9-7-6-8-10-16/h11-14,16H,4-10H2,1-3H3,(H,24,27). The molecule has 0 aliphatic heterocycles. The lowest BCUT2D eigenvalue weighted by atomic mass is 10.0. The van der Waals surface area contributed by atoms with Crippen LogP contribution in [-0.4, -0.2) is 28.7 Å². The molecule has 3 aromatic rings. The number of hydrogen-bond acceptors (Lipinski definition) is 5. The van der Waals surface area contributed by atoms with Gasteiger partial charge in [-0.15, -0.1) is 11.3 Å². The first-order chi connectivity index (χ1) is 15.3. The molecule has 2 heterocycles. The molecular formula is C23H29N3O4S2. The number of carbonyl (C=O) groups is 1. The van der Waals surface area contributed by atoms with Gasteiger partial charge in [0.2, 0.25) is 0 Å². The number of thiophene rings is 1. The summed E-state index contributed by atoms with van der Waals surface area (Å²) < 4.78 is 30.6. The lowest BCUT2D eigenvalue weighted by Crippen LogP contribution is -2.25. The zero-order valence-electron chi connectivity index (χ0n) is 18.7. The number of carbonyl (C=O) groups excluding carboxylic acids is 1. The summed E-state index contributed by atoms with van der Waals surface area (Å²) >= 11 is 1.32. The van der Waals surface area contributed by atoms with Gasteiger partial charge in [-0.2, -0.15) is 0 Å². The molecule has 32 heavy (non-hydrogen) atoms. The van der Waals surface area contributed by atoms with Gasteiger partial charge in [-0.1, -0.05) is 19.3 Å². The van der Waals surface area contributed by atoms with E-state index in [1.54, 1.807) is 21.3 Å². The lowest BCUT2D eigenvalue weighted by molar-refractivity contribution is 0.103. The van der Waals surface area contributed by atoms with Gasteiger partial charge in [0.1, 0.15) is 0 Å². The molecule has 1 aliphatic carbocycles. The normalized spacial score (nSPS) is 15.3. The van der Waals surface area contributed by atoms with Crippen molar-refractivity contribution in [3.63, 3.8) is 0 Å². The number of fused-ring (bicyclic) bond motifs is 1. The summed E-state index contributed by atoms with van der Waals surface area (Å²) in [6.07, 6.45) is 4.05. The maximum Gasteiger partial charge on any atom is 0.329 e. The molecule has 1 aromatic carbocycles. The van der Waals surface area contributed by atoms with Crippen LogP contribution in [-0.2, 0) is 22.9 Å². The van der Waals surface area contributed by atoms with E-state index in [1.165, 1.54) is 11.3 Å². The van der Waals surface area contributed by atoms with Crippen molar-refractivity contribution in [3.8, 4) is 0 Å². The number of nitrogens with zero attached hydrogens (tertiary/aromatic N) is 2. The molecule has 7 nitrogen and oxygen atoms in total. The average Bonchev–Trinajstić information content (AvgIpc) is 3.33. The van der Waals surface area contributed by atoms with Gasteiger partial charge in [0.25, 0.3) is 5.91 Å². The maximum atomic E-state index is 13.7. The van der Waals surface area contributed by atoms with E-state index in [-0.39, 0.29) is 22.2 Å². The van der Waals surface area contributed by atoms with Gasteiger partial charge in [0.15, 0.2) is 9.84 Å². The van der Waals surface area contributed by atoms with Crippen LogP contribution in [0.15, 0.2) is 33.3 Å². The number of nitrogens with one attached hydrogen (secondary N) is 1. The van der Waals surface area contributed by atoms with E-state index in [9.17, 15) is 18.0 Å². The van der Waals surface area contributed by atoms with Crippen LogP contribution in [0, 0.1) is 6.92 Å². The Hall–Kier alpha value is -2.39. The second-order valence-electron chi connectivity index (χ2n) is 8.30. The zero-order chi connectivity index (χ0) is 23.0. The lowest BCUT2D eigenvalue weighted by Gasteiger charge is -2.23. The molecule has 9 heteroatoms. The molecule has 1 amide bonds. The summed E-state index contributed by atoms with van der Waals surface area (Å²) in [5.74, 6) is -0.336. The van der Waals surface area contributed by atoms with Crippen LogP contribution in [0.2, 0.25) is 0 Å². The van der Waals surface area contributed by atoms with E-state index in [2.05, 4.69) is 5.32 Å². The maximum absolute atomic E-state index is 13.7. The Morgan fingerprint density at radius 3 is 2.28 bits per heavy atom. The number of imidazole rings is 1. The van der Waals surface area contributed by atoms with Crippen molar-refractivity contribution in [3.05, 3.63) is 44.5 Å². The van der Waals surface area contributed by atoms with E-state index in [0.29, 0.717) is 41.8 Å². The van der Waals surface area contributed by atoms with Crippen LogP contribution in [0.1, 0.15) is 61.2 Å². The van der Waals surface area contributed by atoms with Gasteiger partial charge in [-0.25, -0.2) is 13.2 Å². The van der Waals surface area contributed by atoms with Gasteiger partial charge in [0.05, 0.1) is 31.7 Å². The summed E-state index contributed by atoms with van der Waals surface area (Å²) in [5.41, 5.74) is 2.12. The minimum Gasteiger partial charge on any atom is -0.320 e. The Labute approximate surface area is 192 Å². The quantitative estimate of drug-likeness (QED) is 0.565. The first kappa shape index (κ1) is 22.8. The highest BCUT2D eigenvalue weighted by Crippen LogP contribution is 2.35. The van der Waals surface area contributed by atoms with Crippen molar-refractivity contribution in [2.45, 2.75) is 76.1 Å². The fourth-order valence-electron chi connectivity index (χ4n) is 4.63. The van der Waals surface area contributed by atoms with Crippen molar-refractivity contribution in [2.75, 3.05) is 5.32 Å². The zero-order valence-corrected chi connectivity index (χ0v) is 20.3. The first-order valence-corrected chi connectivity index (χ1v) is 13.6. The monoisotopic (exact) mass is 475 g/mol. The van der Waals surface area contributed by atoms with Crippen LogP contribution in [0.25, 0.3) is 11.0 Å². The molecule has 0 atom stereocenters. The van der Waals surface area contributed by atoms with Crippen LogP contribution >= 0.6 is 11.3 Å². The molecule has 0 bridgehead atoms. The summed E-state index contributed by atoms with van der Waals surface area (Å²) in [5, 5.41) is 4.22. The fraction of sp³-hybridized carbons (Fsp3) is 0.478. The highest BCUT2D eigenvalue weighted by atomic mass is 32.2. The van der Waals surface area contributed by atoms with Crippen LogP contribution in [0.5, 0.6) is 0 Å². The van der Waals surface area contributed by atoms with Crippen molar-refractivity contribution < 1.29 is 13.2 Å². The van der Waals surface area contributed by atoms with Crippen molar-refractivity contribution in [2.24, 2.45) is 0 Å². The van der Waals surface area contributed by atoms with Gasteiger partial charge >= 0.3 is 5.69 Å². The predicted molar refractivity (Wildman–Crippen MR) is 129 cm³/mol. The van der Waals surface area contributed by atoms with E-state index >= 15 is 0 Å². The van der Waals surface area contributed by atoms with E-state index < -0.39 is 15.1 Å². The molecule has 1 aliphatic rings. The summed E-state index contributed by atoms with van der Waals surface area (Å²) in [7, 11) is -3.68. The molecule has 1 saturated carbocycles. The summed E-state index contributed by atoms with van der Waals surface area (Å²) in [6.45, 7) is 6.48. The second kappa shape index (κ2) is 8.86. The molecule has 1 N–H and O–H groups in total. The van der Waals surface area contributed by atoms with Crippen molar-refractivity contribution in [1.82, 2.24) is 9.13 Å². The predicted octanol–water partition coefficient (Wildman–Crippen LogP) is 4.57. The van der Waals surface area contributed by atoms with Crippen LogP contribution in [0.4, 0.5) is 5.69 Å². The minimum atomic E-state index is -3.68. The first-order valence-electron chi connectivity index (χ1n) is 11.2. The van der Waals surface area contributed by atoms with Gasteiger partial charge in [-0.05, 0) is 62.8 Å². The number of aromatic nitrogens is 2. The largest absolute Gasteiger partial charge is 0.329 e. The van der Waals surface area contributed by atoms with Crippen LogP contribution in [0.3, 0.4) is 0 Å². The molecule has 0 radical (unpaired) electrons. The molecule has 4 rings (SSSR count). The molecular weight excluding hydrogens is 446 g/mol. The third kappa shape index (κ3) is 3.81. The third-order valence-electron chi connectivity index (χ3n) is 6.37. The fourth-order valence-corrected chi connectivity index (χ4v) is 7.45. The number of hydrogen-bond donors (Lipinski definition) is 1. The number of rotatable bonds is 6. The third-order valence-corrected chi connectivity index (χ3v) is 9.68. The minimum absolute atomic E-state index is 0.106. The Kier molecular flexibility index (Phi) is 6.31. The van der Waals surface area contributed by atoms with Crippen molar-refractivity contribution in [1.29, 1.82) is 0 Å². The van der Waals surface area contributed by atoms with E-state index in [4.69, 9.17) is 0 Å². The van der Waals surface area contributed by atoms with E-state index in [0.717, 1.165) is 24.8 Å². The molecule has 172 valence electrons. The van der Waals surface area contributed by atoms with E-state index in [1.807, 2.05) is 32.2 Å². The van der Waals surface area contributed by atoms with Crippen molar-refractivity contribution >= 4 is 43.8 Å². The summed E-state index contributed by atoms with van der Waals surface area (Å²) in [6, 6.07) is 5.11. The molecule has 0 spiro atoms. The smallest absolute Gasteiger partial charge is 0.320 e. The molecule has 0 unspecified atom stereocenters. The highest BCUT2D eigenvalue weighted by Gasteiger charge is 2.32. The average molecular weight is 476 g/mol. The Bertz CT molecular complexity index is 1330. The number of amides is 1. The van der Waals surface area contributed by atoms with Gasteiger partial charge in [0, 0.05) is 13.1 Å². The Balaban J connectivity index is 1.93. The molecule has 2 aromatic heterocycles. The number of benzene rings is 1. The second-order valence-corrected chi connectivity index (χ2v) is 11.4. The number of anilines is 1. The number of sulfone groups is 1.